The van der Waals surface area contributed by atoms with Gasteiger partial charge in [0.05, 0.1) is 0 Å². The number of para-hydroxylation sites is 2. The van der Waals surface area contributed by atoms with Crippen molar-refractivity contribution in [1.82, 2.24) is 0 Å². The standard InChI is InChI=1S/C48H34N2OS2/c1-5-13-37(14-6-1)45-31-33-47(52-45)49(39-17-9-3-10-18-39)41-25-21-35(22-26-41)43-29-30-44(51-43)36-23-27-42(28-24-36)50(40-19-11-4-12-20-40)48-34-32-46(53-48)38-15-7-2-8-16-38/h1-34H. The minimum atomic E-state index is 0.835. The average Bonchev–Trinajstić information content (AvgIpc) is 4.03. The Morgan fingerprint density at radius 2 is 0.623 bits per heavy atom. The lowest BCUT2D eigenvalue weighted by molar-refractivity contribution is 0.597. The Morgan fingerprint density at radius 1 is 0.283 bits per heavy atom. The molecule has 0 fully saturated rings. The van der Waals surface area contributed by atoms with E-state index in [1.54, 1.807) is 22.7 Å². The van der Waals surface area contributed by atoms with Crippen LogP contribution in [0.2, 0.25) is 0 Å². The zero-order valence-corrected chi connectivity index (χ0v) is 30.4. The van der Waals surface area contributed by atoms with Crippen molar-refractivity contribution in [3.8, 4) is 43.5 Å². The average molecular weight is 719 g/mol. The Labute approximate surface area is 317 Å². The third kappa shape index (κ3) is 6.84. The molecule has 0 spiro atoms. The van der Waals surface area contributed by atoms with E-state index in [0.717, 1.165) is 55.4 Å². The number of nitrogens with zero attached hydrogens (tertiary/aromatic N) is 2. The summed E-state index contributed by atoms with van der Waals surface area (Å²) >= 11 is 3.58. The zero-order valence-electron chi connectivity index (χ0n) is 28.7. The van der Waals surface area contributed by atoms with Crippen LogP contribution in [0.15, 0.2) is 211 Å². The van der Waals surface area contributed by atoms with Crippen LogP contribution < -0.4 is 9.80 Å². The molecule has 0 aliphatic carbocycles. The van der Waals surface area contributed by atoms with Crippen molar-refractivity contribution in [3.63, 3.8) is 0 Å². The van der Waals surface area contributed by atoms with Gasteiger partial charge >= 0.3 is 0 Å². The van der Waals surface area contributed by atoms with Crippen LogP contribution in [0.3, 0.4) is 0 Å². The molecular formula is C48H34N2OS2. The van der Waals surface area contributed by atoms with E-state index in [0.29, 0.717) is 0 Å². The molecule has 0 aliphatic heterocycles. The number of benzene rings is 6. The highest BCUT2D eigenvalue weighted by atomic mass is 32.1. The quantitative estimate of drug-likeness (QED) is 0.140. The third-order valence-electron chi connectivity index (χ3n) is 9.20. The van der Waals surface area contributed by atoms with Crippen molar-refractivity contribution in [2.45, 2.75) is 0 Å². The molecule has 3 heterocycles. The lowest BCUT2D eigenvalue weighted by Crippen LogP contribution is -2.07. The number of hydrogen-bond donors (Lipinski definition) is 0. The molecule has 0 saturated carbocycles. The molecule has 0 N–H and O–H groups in total. The molecule has 0 aliphatic rings. The Hall–Kier alpha value is -6.40. The van der Waals surface area contributed by atoms with E-state index in [2.05, 4.69) is 216 Å². The van der Waals surface area contributed by atoms with Crippen LogP contribution in [-0.4, -0.2) is 0 Å². The van der Waals surface area contributed by atoms with Gasteiger partial charge in [0.25, 0.3) is 0 Å². The van der Waals surface area contributed by atoms with Crippen molar-refractivity contribution in [1.29, 1.82) is 0 Å². The second-order valence-corrected chi connectivity index (χ2v) is 14.7. The maximum Gasteiger partial charge on any atom is 0.134 e. The minimum absolute atomic E-state index is 0.835. The maximum atomic E-state index is 6.48. The molecule has 53 heavy (non-hydrogen) atoms. The molecule has 0 radical (unpaired) electrons. The third-order valence-corrected chi connectivity index (χ3v) is 11.4. The van der Waals surface area contributed by atoms with Gasteiger partial charge in [-0.25, -0.2) is 0 Å². The molecular weight excluding hydrogens is 685 g/mol. The Bertz CT molecular complexity index is 2360. The normalized spacial score (nSPS) is 11.0. The molecule has 3 aromatic heterocycles. The van der Waals surface area contributed by atoms with Gasteiger partial charge in [0, 0.05) is 43.6 Å². The summed E-state index contributed by atoms with van der Waals surface area (Å²) in [5.41, 5.74) is 8.93. The lowest BCUT2D eigenvalue weighted by Gasteiger charge is -2.23. The summed E-state index contributed by atoms with van der Waals surface area (Å²) in [5, 5.41) is 2.32. The van der Waals surface area contributed by atoms with E-state index >= 15 is 0 Å². The van der Waals surface area contributed by atoms with Crippen LogP contribution in [0.25, 0.3) is 43.5 Å². The largest absolute Gasteiger partial charge is 0.456 e. The highest BCUT2D eigenvalue weighted by Crippen LogP contribution is 2.44. The van der Waals surface area contributed by atoms with E-state index in [9.17, 15) is 0 Å². The number of hydrogen-bond acceptors (Lipinski definition) is 5. The monoisotopic (exact) mass is 718 g/mol. The van der Waals surface area contributed by atoms with Crippen molar-refractivity contribution in [2.75, 3.05) is 9.80 Å². The second-order valence-electron chi connectivity index (χ2n) is 12.6. The molecule has 0 saturated heterocycles. The van der Waals surface area contributed by atoms with E-state index in [-0.39, 0.29) is 0 Å². The zero-order chi connectivity index (χ0) is 35.4. The molecule has 6 aromatic carbocycles. The molecule has 0 amide bonds. The maximum absolute atomic E-state index is 6.48. The molecule has 254 valence electrons. The summed E-state index contributed by atoms with van der Waals surface area (Å²) in [6.07, 6.45) is 0. The van der Waals surface area contributed by atoms with Gasteiger partial charge in [-0.1, -0.05) is 97.1 Å². The highest BCUT2D eigenvalue weighted by molar-refractivity contribution is 7.19. The van der Waals surface area contributed by atoms with E-state index < -0.39 is 0 Å². The molecule has 9 aromatic rings. The molecule has 3 nitrogen and oxygen atoms in total. The van der Waals surface area contributed by atoms with Crippen molar-refractivity contribution in [3.05, 3.63) is 206 Å². The summed E-state index contributed by atoms with van der Waals surface area (Å²) in [7, 11) is 0. The molecule has 0 atom stereocenters. The van der Waals surface area contributed by atoms with Crippen molar-refractivity contribution < 1.29 is 4.42 Å². The van der Waals surface area contributed by atoms with Gasteiger partial charge < -0.3 is 14.2 Å². The van der Waals surface area contributed by atoms with Gasteiger partial charge in [-0.05, 0) is 120 Å². The Morgan fingerprint density at radius 3 is 1.00 bits per heavy atom. The number of anilines is 6. The molecule has 0 unspecified atom stereocenters. The van der Waals surface area contributed by atoms with Gasteiger partial charge in [0.1, 0.15) is 21.5 Å². The van der Waals surface area contributed by atoms with Crippen LogP contribution in [0, 0.1) is 0 Å². The minimum Gasteiger partial charge on any atom is -0.456 e. The smallest absolute Gasteiger partial charge is 0.134 e. The molecule has 9 rings (SSSR count). The van der Waals surface area contributed by atoms with Crippen molar-refractivity contribution in [2.24, 2.45) is 0 Å². The first-order valence-corrected chi connectivity index (χ1v) is 19.2. The van der Waals surface area contributed by atoms with Gasteiger partial charge in [-0.15, -0.1) is 22.7 Å². The highest BCUT2D eigenvalue weighted by Gasteiger charge is 2.18. The fourth-order valence-electron chi connectivity index (χ4n) is 6.57. The first-order chi connectivity index (χ1) is 26.3. The fourth-order valence-corrected chi connectivity index (χ4v) is 8.68. The van der Waals surface area contributed by atoms with Crippen LogP contribution in [-0.2, 0) is 0 Å². The second kappa shape index (κ2) is 14.7. The lowest BCUT2D eigenvalue weighted by atomic mass is 10.1. The van der Waals surface area contributed by atoms with Crippen LogP contribution in [0.1, 0.15) is 0 Å². The topological polar surface area (TPSA) is 19.6 Å². The summed E-state index contributed by atoms with van der Waals surface area (Å²) < 4.78 is 6.48. The van der Waals surface area contributed by atoms with E-state index in [1.165, 1.54) is 20.9 Å². The number of thiophene rings is 2. The summed E-state index contributed by atoms with van der Waals surface area (Å²) in [6, 6.07) is 72.4. The van der Waals surface area contributed by atoms with E-state index in [1.807, 2.05) is 0 Å². The number of rotatable bonds is 10. The SMILES string of the molecule is c1ccc(-c2ccc(N(c3ccccc3)c3ccc(-c4ccc(-c5ccc(N(c6ccccc6)c6ccc(-c7ccccc7)s6)cc5)o4)cc3)s2)cc1. The van der Waals surface area contributed by atoms with E-state index in [4.69, 9.17) is 4.42 Å². The van der Waals surface area contributed by atoms with Crippen LogP contribution >= 0.6 is 22.7 Å². The van der Waals surface area contributed by atoms with Gasteiger partial charge in [-0.2, -0.15) is 0 Å². The Kier molecular flexibility index (Phi) is 9.00. The van der Waals surface area contributed by atoms with Crippen LogP contribution in [0.4, 0.5) is 32.8 Å². The summed E-state index contributed by atoms with van der Waals surface area (Å²) in [6.45, 7) is 0. The van der Waals surface area contributed by atoms with Gasteiger partial charge in [-0.3, -0.25) is 0 Å². The van der Waals surface area contributed by atoms with Gasteiger partial charge in [0.2, 0.25) is 0 Å². The number of furan rings is 1. The Balaban J connectivity index is 0.973. The predicted molar refractivity (Wildman–Crippen MR) is 226 cm³/mol. The van der Waals surface area contributed by atoms with Crippen molar-refractivity contribution >= 4 is 55.4 Å². The first-order valence-electron chi connectivity index (χ1n) is 17.6. The van der Waals surface area contributed by atoms with Crippen LogP contribution in [0.5, 0.6) is 0 Å². The molecule has 5 heteroatoms. The molecule has 0 bridgehead atoms. The fraction of sp³-hybridized carbons (Fsp3) is 0. The summed E-state index contributed by atoms with van der Waals surface area (Å²) in [4.78, 5) is 7.11. The summed E-state index contributed by atoms with van der Waals surface area (Å²) in [5.74, 6) is 1.67. The van der Waals surface area contributed by atoms with Gasteiger partial charge in [0.15, 0.2) is 0 Å². The predicted octanol–water partition coefficient (Wildman–Crippen LogP) is 15.0. The first kappa shape index (κ1) is 32.5.